The van der Waals surface area contributed by atoms with E-state index >= 15 is 0 Å². The van der Waals surface area contributed by atoms with E-state index in [0.717, 1.165) is 0 Å². The van der Waals surface area contributed by atoms with Gasteiger partial charge in [0.25, 0.3) is 5.91 Å². The fourth-order valence-electron chi connectivity index (χ4n) is 1.38. The minimum absolute atomic E-state index is 0.319. The number of imidazole rings is 1. The van der Waals surface area contributed by atoms with E-state index < -0.39 is 0 Å². The van der Waals surface area contributed by atoms with Gasteiger partial charge in [-0.25, -0.2) is 9.97 Å². The Morgan fingerprint density at radius 1 is 1.44 bits per heavy atom. The predicted octanol–water partition coefficient (Wildman–Crippen LogP) is 1.14. The van der Waals surface area contributed by atoms with E-state index in [1.807, 2.05) is 0 Å². The molecule has 3 N–H and O–H groups in total. The van der Waals surface area contributed by atoms with Gasteiger partial charge in [0.2, 0.25) is 0 Å². The molecule has 0 fully saturated rings. The molecule has 0 aromatic carbocycles. The SMILES string of the molecule is NCCn1cnc(C(=O)Nc2ccc(Cl)cn2)c1. The monoisotopic (exact) mass is 265 g/mol. The van der Waals surface area contributed by atoms with Gasteiger partial charge in [-0.15, -0.1) is 0 Å². The lowest BCUT2D eigenvalue weighted by atomic mass is 10.4. The number of rotatable bonds is 4. The number of hydrogen-bond donors (Lipinski definition) is 2. The molecular weight excluding hydrogens is 254 g/mol. The van der Waals surface area contributed by atoms with Crippen LogP contribution >= 0.6 is 11.6 Å². The quantitative estimate of drug-likeness (QED) is 0.868. The van der Waals surface area contributed by atoms with Crippen molar-refractivity contribution in [3.8, 4) is 0 Å². The van der Waals surface area contributed by atoms with Gasteiger partial charge in [0.1, 0.15) is 11.5 Å². The second kappa shape index (κ2) is 5.61. The molecule has 2 rings (SSSR count). The van der Waals surface area contributed by atoms with E-state index in [1.165, 1.54) is 6.20 Å². The summed E-state index contributed by atoms with van der Waals surface area (Å²) >= 11 is 5.70. The largest absolute Gasteiger partial charge is 0.335 e. The van der Waals surface area contributed by atoms with Gasteiger partial charge in [-0.3, -0.25) is 4.79 Å². The summed E-state index contributed by atoms with van der Waals surface area (Å²) < 4.78 is 1.75. The molecule has 0 saturated heterocycles. The molecule has 94 valence electrons. The first-order valence-electron chi connectivity index (χ1n) is 5.34. The standard InChI is InChI=1S/C11H12ClN5O/c12-8-1-2-10(14-5-8)16-11(18)9-6-17(4-3-13)7-15-9/h1-2,5-7H,3-4,13H2,(H,14,16,18). The molecule has 0 atom stereocenters. The van der Waals surface area contributed by atoms with Crippen molar-refractivity contribution in [1.82, 2.24) is 14.5 Å². The number of hydrogen-bond acceptors (Lipinski definition) is 4. The molecule has 2 aromatic rings. The zero-order valence-corrected chi connectivity index (χ0v) is 10.3. The number of anilines is 1. The lowest BCUT2D eigenvalue weighted by Crippen LogP contribution is -2.13. The third kappa shape index (κ3) is 3.06. The van der Waals surface area contributed by atoms with E-state index in [0.29, 0.717) is 29.6 Å². The number of aromatic nitrogens is 3. The smallest absolute Gasteiger partial charge is 0.276 e. The van der Waals surface area contributed by atoms with Crippen LogP contribution in [0.15, 0.2) is 30.9 Å². The summed E-state index contributed by atoms with van der Waals surface area (Å²) in [7, 11) is 0. The summed E-state index contributed by atoms with van der Waals surface area (Å²) in [5.74, 6) is 0.110. The van der Waals surface area contributed by atoms with E-state index in [4.69, 9.17) is 17.3 Å². The number of nitrogens with zero attached hydrogens (tertiary/aromatic N) is 3. The second-order valence-electron chi connectivity index (χ2n) is 3.60. The lowest BCUT2D eigenvalue weighted by molar-refractivity contribution is 0.102. The van der Waals surface area contributed by atoms with Crippen molar-refractivity contribution in [2.24, 2.45) is 5.73 Å². The molecule has 7 heteroatoms. The molecule has 18 heavy (non-hydrogen) atoms. The minimum atomic E-state index is -0.319. The summed E-state index contributed by atoms with van der Waals surface area (Å²) in [5, 5.41) is 3.14. The molecule has 2 heterocycles. The highest BCUT2D eigenvalue weighted by Gasteiger charge is 2.09. The number of pyridine rings is 1. The predicted molar refractivity (Wildman–Crippen MR) is 68.5 cm³/mol. The van der Waals surface area contributed by atoms with Gasteiger partial charge in [-0.2, -0.15) is 0 Å². The second-order valence-corrected chi connectivity index (χ2v) is 4.04. The van der Waals surface area contributed by atoms with Crippen LogP contribution in [0.5, 0.6) is 0 Å². The maximum atomic E-state index is 11.8. The highest BCUT2D eigenvalue weighted by atomic mass is 35.5. The Morgan fingerprint density at radius 2 is 2.28 bits per heavy atom. The molecule has 6 nitrogen and oxygen atoms in total. The Morgan fingerprint density at radius 3 is 2.94 bits per heavy atom. The van der Waals surface area contributed by atoms with Gasteiger partial charge in [-0.1, -0.05) is 11.6 Å². The Kier molecular flexibility index (Phi) is 3.91. The molecule has 0 aliphatic carbocycles. The van der Waals surface area contributed by atoms with Crippen LogP contribution in [-0.4, -0.2) is 27.0 Å². The third-order valence-corrected chi connectivity index (χ3v) is 2.45. The Balaban J connectivity index is 2.04. The molecular formula is C11H12ClN5O. The topological polar surface area (TPSA) is 85.8 Å². The fourth-order valence-corrected chi connectivity index (χ4v) is 1.49. The van der Waals surface area contributed by atoms with Crippen molar-refractivity contribution >= 4 is 23.3 Å². The Hall–Kier alpha value is -1.92. The average molecular weight is 266 g/mol. The first kappa shape index (κ1) is 12.5. The lowest BCUT2D eigenvalue weighted by Gasteiger charge is -2.01. The van der Waals surface area contributed by atoms with Crippen molar-refractivity contribution < 1.29 is 4.79 Å². The van der Waals surface area contributed by atoms with Crippen LogP contribution in [0.1, 0.15) is 10.5 Å². The van der Waals surface area contributed by atoms with E-state index in [2.05, 4.69) is 15.3 Å². The van der Waals surface area contributed by atoms with Crippen LogP contribution in [0.4, 0.5) is 5.82 Å². The van der Waals surface area contributed by atoms with Crippen molar-refractivity contribution in [3.63, 3.8) is 0 Å². The molecule has 0 radical (unpaired) electrons. The zero-order valence-electron chi connectivity index (χ0n) is 9.51. The first-order chi connectivity index (χ1) is 8.69. The molecule has 0 spiro atoms. The first-order valence-corrected chi connectivity index (χ1v) is 5.71. The van der Waals surface area contributed by atoms with Gasteiger partial charge in [-0.05, 0) is 12.1 Å². The Labute approximate surface area is 109 Å². The molecule has 0 aliphatic rings. The van der Waals surface area contributed by atoms with Crippen LogP contribution in [-0.2, 0) is 6.54 Å². The van der Waals surface area contributed by atoms with Gasteiger partial charge in [0.05, 0.1) is 11.3 Å². The molecule has 1 amide bonds. The summed E-state index contributed by atoms with van der Waals surface area (Å²) in [5.41, 5.74) is 5.73. The van der Waals surface area contributed by atoms with Gasteiger partial charge in [0, 0.05) is 25.5 Å². The molecule has 0 unspecified atom stereocenters. The average Bonchev–Trinajstić information content (AvgIpc) is 2.81. The summed E-state index contributed by atoms with van der Waals surface area (Å²) in [6, 6.07) is 3.27. The number of amides is 1. The fraction of sp³-hybridized carbons (Fsp3) is 0.182. The summed E-state index contributed by atoms with van der Waals surface area (Å²) in [6.07, 6.45) is 4.67. The van der Waals surface area contributed by atoms with Crippen LogP contribution in [0.3, 0.4) is 0 Å². The van der Waals surface area contributed by atoms with Crippen molar-refractivity contribution in [2.45, 2.75) is 6.54 Å². The van der Waals surface area contributed by atoms with E-state index in [-0.39, 0.29) is 5.91 Å². The van der Waals surface area contributed by atoms with Gasteiger partial charge >= 0.3 is 0 Å². The Bertz CT molecular complexity index is 537. The maximum absolute atomic E-state index is 11.8. The highest BCUT2D eigenvalue weighted by molar-refractivity contribution is 6.30. The van der Waals surface area contributed by atoms with E-state index in [9.17, 15) is 4.79 Å². The normalized spacial score (nSPS) is 10.3. The molecule has 0 aliphatic heterocycles. The van der Waals surface area contributed by atoms with Crippen LogP contribution in [0.2, 0.25) is 5.02 Å². The number of nitrogens with one attached hydrogen (secondary N) is 1. The summed E-state index contributed by atoms with van der Waals surface area (Å²) in [6.45, 7) is 1.12. The number of halogens is 1. The molecule has 0 saturated carbocycles. The van der Waals surface area contributed by atoms with Crippen molar-refractivity contribution in [3.05, 3.63) is 41.6 Å². The van der Waals surface area contributed by atoms with Gasteiger partial charge in [0.15, 0.2) is 0 Å². The molecule has 0 bridgehead atoms. The number of carbonyl (C=O) groups excluding carboxylic acids is 1. The maximum Gasteiger partial charge on any atom is 0.276 e. The van der Waals surface area contributed by atoms with Crippen molar-refractivity contribution in [1.29, 1.82) is 0 Å². The van der Waals surface area contributed by atoms with Crippen LogP contribution in [0.25, 0.3) is 0 Å². The van der Waals surface area contributed by atoms with Gasteiger partial charge < -0.3 is 15.6 Å². The van der Waals surface area contributed by atoms with Crippen LogP contribution < -0.4 is 11.1 Å². The van der Waals surface area contributed by atoms with Crippen molar-refractivity contribution in [2.75, 3.05) is 11.9 Å². The number of carbonyl (C=O) groups is 1. The van der Waals surface area contributed by atoms with Crippen LogP contribution in [0, 0.1) is 0 Å². The highest BCUT2D eigenvalue weighted by Crippen LogP contribution is 2.10. The minimum Gasteiger partial charge on any atom is -0.335 e. The van der Waals surface area contributed by atoms with E-state index in [1.54, 1.807) is 29.2 Å². The number of nitrogens with two attached hydrogens (primary N) is 1. The summed E-state index contributed by atoms with van der Waals surface area (Å²) in [4.78, 5) is 19.8. The molecule has 2 aromatic heterocycles. The third-order valence-electron chi connectivity index (χ3n) is 2.22. The zero-order chi connectivity index (χ0) is 13.0.